The van der Waals surface area contributed by atoms with Gasteiger partial charge in [-0.1, -0.05) is 41.8 Å². The molecular formula is C22H30N2O4S2. The number of nitrogens with zero attached hydrogens (tertiary/aromatic N) is 1. The van der Waals surface area contributed by atoms with Crippen LogP contribution >= 0.6 is 0 Å². The van der Waals surface area contributed by atoms with E-state index in [1.54, 1.807) is 47.6 Å². The lowest BCUT2D eigenvalue weighted by atomic mass is 10.0. The van der Waals surface area contributed by atoms with Crippen molar-refractivity contribution in [2.45, 2.75) is 62.3 Å². The highest BCUT2D eigenvalue weighted by atomic mass is 32.2. The summed E-state index contributed by atoms with van der Waals surface area (Å²) in [6.07, 6.45) is 2.93. The van der Waals surface area contributed by atoms with E-state index in [0.717, 1.165) is 30.4 Å². The van der Waals surface area contributed by atoms with Gasteiger partial charge >= 0.3 is 0 Å². The van der Waals surface area contributed by atoms with E-state index >= 15 is 0 Å². The van der Waals surface area contributed by atoms with Crippen LogP contribution in [0.4, 0.5) is 0 Å². The van der Waals surface area contributed by atoms with Gasteiger partial charge in [-0.15, -0.1) is 0 Å². The smallest absolute Gasteiger partial charge is 0.211 e. The van der Waals surface area contributed by atoms with Gasteiger partial charge in [0.2, 0.25) is 20.0 Å². The number of rotatable bonds is 7. The number of hydrogen-bond donors (Lipinski definition) is 1. The third-order valence-electron chi connectivity index (χ3n) is 5.59. The predicted molar refractivity (Wildman–Crippen MR) is 118 cm³/mol. The Morgan fingerprint density at radius 2 is 1.60 bits per heavy atom. The first-order chi connectivity index (χ1) is 14.1. The molecule has 0 spiro atoms. The van der Waals surface area contributed by atoms with E-state index in [2.05, 4.69) is 4.72 Å². The molecule has 6 nitrogen and oxygen atoms in total. The van der Waals surface area contributed by atoms with E-state index in [9.17, 15) is 16.8 Å². The van der Waals surface area contributed by atoms with Crippen LogP contribution in [0.2, 0.25) is 0 Å². The average Bonchev–Trinajstić information content (AvgIpc) is 2.68. The van der Waals surface area contributed by atoms with Gasteiger partial charge in [-0.3, -0.25) is 0 Å². The Labute approximate surface area is 180 Å². The molecule has 2 aromatic carbocycles. The highest BCUT2D eigenvalue weighted by Crippen LogP contribution is 2.27. The summed E-state index contributed by atoms with van der Waals surface area (Å²) in [6, 6.07) is 11.9. The van der Waals surface area contributed by atoms with Crippen LogP contribution in [0.1, 0.15) is 42.4 Å². The van der Waals surface area contributed by atoms with Gasteiger partial charge < -0.3 is 0 Å². The molecule has 1 aliphatic heterocycles. The second kappa shape index (κ2) is 9.18. The molecule has 2 aromatic rings. The second-order valence-corrected chi connectivity index (χ2v) is 11.7. The third-order valence-corrected chi connectivity index (χ3v) is 9.18. The molecule has 3 rings (SSSR count). The molecule has 1 N–H and O–H groups in total. The highest BCUT2D eigenvalue weighted by molar-refractivity contribution is 7.89. The largest absolute Gasteiger partial charge is 0.243 e. The summed E-state index contributed by atoms with van der Waals surface area (Å²) in [5, 5.41) is 0. The monoisotopic (exact) mass is 450 g/mol. The van der Waals surface area contributed by atoms with Gasteiger partial charge in [-0.05, 0) is 63.8 Å². The summed E-state index contributed by atoms with van der Waals surface area (Å²) < 4.78 is 55.9. The summed E-state index contributed by atoms with van der Waals surface area (Å²) in [6.45, 7) is 6.27. The van der Waals surface area contributed by atoms with E-state index in [4.69, 9.17) is 0 Å². The molecule has 1 fully saturated rings. The van der Waals surface area contributed by atoms with E-state index in [1.165, 1.54) is 0 Å². The van der Waals surface area contributed by atoms with Crippen molar-refractivity contribution in [3.05, 3.63) is 59.2 Å². The van der Waals surface area contributed by atoms with Crippen LogP contribution in [0.25, 0.3) is 0 Å². The van der Waals surface area contributed by atoms with Gasteiger partial charge in [0.1, 0.15) is 0 Å². The molecule has 30 heavy (non-hydrogen) atoms. The van der Waals surface area contributed by atoms with E-state index in [-0.39, 0.29) is 22.4 Å². The van der Waals surface area contributed by atoms with E-state index < -0.39 is 20.0 Å². The minimum absolute atomic E-state index is 0.195. The molecule has 0 aromatic heterocycles. The maximum Gasteiger partial charge on any atom is 0.243 e. The summed E-state index contributed by atoms with van der Waals surface area (Å²) in [5.41, 5.74) is 2.71. The molecular weight excluding hydrogens is 420 g/mol. The van der Waals surface area contributed by atoms with Crippen LogP contribution in [0.5, 0.6) is 0 Å². The van der Waals surface area contributed by atoms with Crippen molar-refractivity contribution >= 4 is 20.0 Å². The van der Waals surface area contributed by atoms with Crippen LogP contribution in [0, 0.1) is 20.8 Å². The molecule has 0 amide bonds. The molecule has 1 heterocycles. The lowest BCUT2D eigenvalue weighted by Gasteiger charge is -2.34. The zero-order valence-electron chi connectivity index (χ0n) is 17.8. The maximum atomic E-state index is 13.2. The fourth-order valence-electron chi connectivity index (χ4n) is 3.96. The fraction of sp³-hybridized carbons (Fsp3) is 0.455. The molecule has 0 bridgehead atoms. The van der Waals surface area contributed by atoms with Gasteiger partial charge in [-0.25, -0.2) is 21.6 Å². The SMILES string of the molecule is Cc1ccc(S(=O)(=O)N2CCCCC2CCNS(=O)(=O)c2ccc(C)cc2C)cc1. The van der Waals surface area contributed by atoms with Gasteiger partial charge in [0.05, 0.1) is 9.79 Å². The molecule has 8 heteroatoms. The molecule has 1 aliphatic rings. The number of aryl methyl sites for hydroxylation is 3. The molecule has 1 atom stereocenters. The molecule has 1 saturated heterocycles. The Kier molecular flexibility index (Phi) is 7.02. The molecule has 164 valence electrons. The number of nitrogens with one attached hydrogen (secondary N) is 1. The first kappa shape index (κ1) is 22.9. The predicted octanol–water partition coefficient (Wildman–Crippen LogP) is 3.52. The van der Waals surface area contributed by atoms with E-state index in [1.807, 2.05) is 19.9 Å². The van der Waals surface area contributed by atoms with Gasteiger partial charge in [0.15, 0.2) is 0 Å². The number of benzene rings is 2. The molecule has 0 saturated carbocycles. The zero-order valence-corrected chi connectivity index (χ0v) is 19.4. The van der Waals surface area contributed by atoms with Gasteiger partial charge in [0, 0.05) is 19.1 Å². The minimum Gasteiger partial charge on any atom is -0.211 e. The topological polar surface area (TPSA) is 83.6 Å². The number of hydrogen-bond acceptors (Lipinski definition) is 4. The lowest BCUT2D eigenvalue weighted by molar-refractivity contribution is 0.242. The summed E-state index contributed by atoms with van der Waals surface area (Å²) >= 11 is 0. The Balaban J connectivity index is 1.71. The third kappa shape index (κ3) is 5.11. The number of piperidine rings is 1. The first-order valence-corrected chi connectivity index (χ1v) is 13.2. The minimum atomic E-state index is -3.64. The molecule has 1 unspecified atom stereocenters. The number of sulfonamides is 2. The highest BCUT2D eigenvalue weighted by Gasteiger charge is 2.33. The van der Waals surface area contributed by atoms with Crippen molar-refractivity contribution in [3.8, 4) is 0 Å². The maximum absolute atomic E-state index is 13.2. The Morgan fingerprint density at radius 3 is 2.27 bits per heavy atom. The normalized spacial score (nSPS) is 18.4. The Hall–Kier alpha value is -1.74. The van der Waals surface area contributed by atoms with Crippen molar-refractivity contribution in [1.82, 2.24) is 9.03 Å². The van der Waals surface area contributed by atoms with Crippen molar-refractivity contribution in [2.75, 3.05) is 13.1 Å². The fourth-order valence-corrected chi connectivity index (χ4v) is 6.96. The summed E-state index contributed by atoms with van der Waals surface area (Å²) in [7, 11) is -7.24. The summed E-state index contributed by atoms with van der Waals surface area (Å²) in [4.78, 5) is 0.553. The van der Waals surface area contributed by atoms with Crippen molar-refractivity contribution in [3.63, 3.8) is 0 Å². The Morgan fingerprint density at radius 1 is 0.933 bits per heavy atom. The van der Waals surface area contributed by atoms with Crippen LogP contribution < -0.4 is 4.72 Å². The van der Waals surface area contributed by atoms with Crippen molar-refractivity contribution < 1.29 is 16.8 Å². The van der Waals surface area contributed by atoms with Crippen LogP contribution in [0.15, 0.2) is 52.3 Å². The van der Waals surface area contributed by atoms with Crippen LogP contribution in [0.3, 0.4) is 0 Å². The quantitative estimate of drug-likeness (QED) is 0.700. The summed E-state index contributed by atoms with van der Waals surface area (Å²) in [5.74, 6) is 0. The van der Waals surface area contributed by atoms with E-state index in [0.29, 0.717) is 18.5 Å². The first-order valence-electron chi connectivity index (χ1n) is 10.3. The molecule has 0 radical (unpaired) electrons. The van der Waals surface area contributed by atoms with Crippen molar-refractivity contribution in [1.29, 1.82) is 0 Å². The van der Waals surface area contributed by atoms with Crippen molar-refractivity contribution in [2.24, 2.45) is 0 Å². The Bertz CT molecular complexity index is 1090. The van der Waals surface area contributed by atoms with Gasteiger partial charge in [0.25, 0.3) is 0 Å². The average molecular weight is 451 g/mol. The zero-order chi connectivity index (χ0) is 21.9. The second-order valence-electron chi connectivity index (χ2n) is 8.03. The van der Waals surface area contributed by atoms with Gasteiger partial charge in [-0.2, -0.15) is 4.31 Å². The standard InChI is InChI=1S/C22H30N2O4S2/c1-17-7-10-21(11-8-17)30(27,28)24-15-5-4-6-20(24)13-14-23-29(25,26)22-12-9-18(2)16-19(22)3/h7-12,16,20,23H,4-6,13-15H2,1-3H3. The van der Waals surface area contributed by atoms with Crippen LogP contribution in [-0.2, 0) is 20.0 Å². The van der Waals surface area contributed by atoms with Crippen LogP contribution in [-0.4, -0.2) is 40.3 Å². The lowest BCUT2D eigenvalue weighted by Crippen LogP contribution is -2.45. The molecule has 0 aliphatic carbocycles.